The molecular weight excluding hydrogens is 366 g/mol. The monoisotopic (exact) mass is 395 g/mol. The maximum atomic E-state index is 12.5. The summed E-state index contributed by atoms with van der Waals surface area (Å²) in [6, 6.07) is 15.1. The van der Waals surface area contributed by atoms with Crippen molar-refractivity contribution < 1.29 is 14.3 Å². The number of anilines is 1. The highest BCUT2D eigenvalue weighted by Crippen LogP contribution is 2.22. The van der Waals surface area contributed by atoms with Gasteiger partial charge in [-0.2, -0.15) is 0 Å². The summed E-state index contributed by atoms with van der Waals surface area (Å²) >= 11 is 0. The summed E-state index contributed by atoms with van der Waals surface area (Å²) in [4.78, 5) is 26.3. The maximum absolute atomic E-state index is 12.5. The Morgan fingerprint density at radius 2 is 1.83 bits per heavy atom. The zero-order valence-corrected chi connectivity index (χ0v) is 17.1. The van der Waals surface area contributed by atoms with E-state index in [-0.39, 0.29) is 11.9 Å². The third-order valence-electron chi connectivity index (χ3n) is 5.30. The third kappa shape index (κ3) is 5.73. The Bertz CT molecular complexity index is 828. The van der Waals surface area contributed by atoms with Crippen LogP contribution in [0.25, 0.3) is 0 Å². The SMILES string of the molecule is CCNC(=O)N1CCC(Cc2ccc(C(=O)Nc3cccc(OC)c3)cc2)CC1. The number of ether oxygens (including phenoxy) is 1. The molecule has 1 saturated heterocycles. The predicted octanol–water partition coefficient (Wildman–Crippen LogP) is 3.93. The van der Waals surface area contributed by atoms with Crippen LogP contribution in [0.4, 0.5) is 10.5 Å². The van der Waals surface area contributed by atoms with Gasteiger partial charge in [0.15, 0.2) is 0 Å². The molecule has 6 heteroatoms. The number of benzene rings is 2. The van der Waals surface area contributed by atoms with Gasteiger partial charge in [-0.15, -0.1) is 0 Å². The van der Waals surface area contributed by atoms with Crippen molar-refractivity contribution in [2.24, 2.45) is 5.92 Å². The van der Waals surface area contributed by atoms with Gasteiger partial charge < -0.3 is 20.3 Å². The van der Waals surface area contributed by atoms with Gasteiger partial charge in [0.1, 0.15) is 5.75 Å². The Morgan fingerprint density at radius 1 is 1.10 bits per heavy atom. The number of carbonyl (C=O) groups is 2. The van der Waals surface area contributed by atoms with Crippen molar-refractivity contribution in [2.75, 3.05) is 32.1 Å². The number of rotatable bonds is 6. The van der Waals surface area contributed by atoms with Crippen LogP contribution < -0.4 is 15.4 Å². The summed E-state index contributed by atoms with van der Waals surface area (Å²) in [6.45, 7) is 4.21. The lowest BCUT2D eigenvalue weighted by molar-refractivity contribution is 0.102. The number of nitrogens with one attached hydrogen (secondary N) is 2. The third-order valence-corrected chi connectivity index (χ3v) is 5.30. The lowest BCUT2D eigenvalue weighted by atomic mass is 9.90. The molecule has 2 aromatic carbocycles. The number of urea groups is 1. The van der Waals surface area contributed by atoms with E-state index in [4.69, 9.17) is 4.74 Å². The zero-order chi connectivity index (χ0) is 20.6. The van der Waals surface area contributed by atoms with Crippen LogP contribution in [0.3, 0.4) is 0 Å². The first-order valence-corrected chi connectivity index (χ1v) is 10.2. The van der Waals surface area contributed by atoms with Gasteiger partial charge in [-0.25, -0.2) is 4.79 Å². The van der Waals surface area contributed by atoms with Gasteiger partial charge in [-0.3, -0.25) is 4.79 Å². The van der Waals surface area contributed by atoms with Crippen LogP contribution in [0.2, 0.25) is 0 Å². The number of nitrogens with zero attached hydrogens (tertiary/aromatic N) is 1. The van der Waals surface area contributed by atoms with Gasteiger partial charge in [0.05, 0.1) is 7.11 Å². The van der Waals surface area contributed by atoms with Crippen molar-refractivity contribution in [3.63, 3.8) is 0 Å². The molecule has 0 spiro atoms. The summed E-state index contributed by atoms with van der Waals surface area (Å²) < 4.78 is 5.19. The Balaban J connectivity index is 1.51. The molecular formula is C23H29N3O3. The van der Waals surface area contributed by atoms with Crippen molar-refractivity contribution in [3.8, 4) is 5.75 Å². The van der Waals surface area contributed by atoms with Crippen molar-refractivity contribution in [3.05, 3.63) is 59.7 Å². The molecule has 29 heavy (non-hydrogen) atoms. The van der Waals surface area contributed by atoms with Crippen molar-refractivity contribution >= 4 is 17.6 Å². The first kappa shape index (κ1) is 20.7. The summed E-state index contributed by atoms with van der Waals surface area (Å²) in [5, 5.41) is 5.76. The van der Waals surface area contributed by atoms with Crippen LogP contribution >= 0.6 is 0 Å². The summed E-state index contributed by atoms with van der Waals surface area (Å²) in [5.74, 6) is 1.13. The second-order valence-electron chi connectivity index (χ2n) is 7.35. The average Bonchev–Trinajstić information content (AvgIpc) is 2.75. The molecule has 3 amide bonds. The zero-order valence-electron chi connectivity index (χ0n) is 17.1. The predicted molar refractivity (Wildman–Crippen MR) is 114 cm³/mol. The van der Waals surface area contributed by atoms with Gasteiger partial charge in [0, 0.05) is 37.0 Å². The van der Waals surface area contributed by atoms with E-state index >= 15 is 0 Å². The Morgan fingerprint density at radius 3 is 2.48 bits per heavy atom. The van der Waals surface area contributed by atoms with E-state index in [1.165, 1.54) is 5.56 Å². The Kier molecular flexibility index (Phi) is 7.11. The molecule has 1 aliphatic heterocycles. The van der Waals surface area contributed by atoms with E-state index in [1.807, 2.05) is 54.3 Å². The highest BCUT2D eigenvalue weighted by molar-refractivity contribution is 6.04. The van der Waals surface area contributed by atoms with Gasteiger partial charge in [-0.1, -0.05) is 18.2 Å². The standard InChI is InChI=1S/C23H29N3O3/c1-3-24-23(28)26-13-11-18(12-14-26)15-17-7-9-19(10-8-17)22(27)25-20-5-4-6-21(16-20)29-2/h4-10,16,18H,3,11-15H2,1-2H3,(H,24,28)(H,25,27). The van der Waals surface area contributed by atoms with Gasteiger partial charge in [-0.05, 0) is 61.9 Å². The first-order valence-electron chi connectivity index (χ1n) is 10.2. The normalized spacial score (nSPS) is 14.3. The molecule has 0 saturated carbocycles. The molecule has 154 valence electrons. The maximum Gasteiger partial charge on any atom is 0.317 e. The van der Waals surface area contributed by atoms with E-state index in [0.717, 1.165) is 32.4 Å². The van der Waals surface area contributed by atoms with Crippen LogP contribution in [0.1, 0.15) is 35.7 Å². The minimum atomic E-state index is -0.139. The van der Waals surface area contributed by atoms with Crippen LogP contribution in [0, 0.1) is 5.92 Å². The van der Waals surface area contributed by atoms with Crippen LogP contribution in [-0.4, -0.2) is 43.6 Å². The number of carbonyl (C=O) groups excluding carboxylic acids is 2. The highest BCUT2D eigenvalue weighted by atomic mass is 16.5. The average molecular weight is 396 g/mol. The van der Waals surface area contributed by atoms with E-state index < -0.39 is 0 Å². The van der Waals surface area contributed by atoms with Gasteiger partial charge >= 0.3 is 6.03 Å². The molecule has 0 unspecified atom stereocenters. The van der Waals surface area contributed by atoms with E-state index in [0.29, 0.717) is 29.5 Å². The summed E-state index contributed by atoms with van der Waals surface area (Å²) in [6.07, 6.45) is 2.99. The quantitative estimate of drug-likeness (QED) is 0.778. The van der Waals surface area contributed by atoms with Crippen LogP contribution in [0.15, 0.2) is 48.5 Å². The molecule has 0 aromatic heterocycles. The van der Waals surface area contributed by atoms with Crippen LogP contribution in [0.5, 0.6) is 5.75 Å². The molecule has 0 radical (unpaired) electrons. The number of amides is 3. The van der Waals surface area contributed by atoms with Crippen molar-refractivity contribution in [2.45, 2.75) is 26.2 Å². The number of hydrogen-bond acceptors (Lipinski definition) is 3. The molecule has 1 heterocycles. The van der Waals surface area contributed by atoms with E-state index in [9.17, 15) is 9.59 Å². The van der Waals surface area contributed by atoms with Crippen molar-refractivity contribution in [1.29, 1.82) is 0 Å². The lowest BCUT2D eigenvalue weighted by Crippen LogP contribution is -2.44. The minimum Gasteiger partial charge on any atom is -0.497 e. The second-order valence-corrected chi connectivity index (χ2v) is 7.35. The van der Waals surface area contributed by atoms with Gasteiger partial charge in [0.25, 0.3) is 5.91 Å². The fraction of sp³-hybridized carbons (Fsp3) is 0.391. The molecule has 0 bridgehead atoms. The van der Waals surface area contributed by atoms with Crippen LogP contribution in [-0.2, 0) is 6.42 Å². The van der Waals surface area contributed by atoms with E-state index in [1.54, 1.807) is 13.2 Å². The fourth-order valence-corrected chi connectivity index (χ4v) is 3.63. The van der Waals surface area contributed by atoms with E-state index in [2.05, 4.69) is 10.6 Å². The molecule has 0 aliphatic carbocycles. The minimum absolute atomic E-state index is 0.0392. The number of methoxy groups -OCH3 is 1. The number of piperidine rings is 1. The lowest BCUT2D eigenvalue weighted by Gasteiger charge is -2.32. The topological polar surface area (TPSA) is 70.7 Å². The first-order chi connectivity index (χ1) is 14.1. The Labute approximate surface area is 172 Å². The fourth-order valence-electron chi connectivity index (χ4n) is 3.63. The molecule has 0 atom stereocenters. The molecule has 1 aliphatic rings. The van der Waals surface area contributed by atoms with Crippen molar-refractivity contribution in [1.82, 2.24) is 10.2 Å². The molecule has 2 N–H and O–H groups in total. The second kappa shape index (κ2) is 9.96. The molecule has 1 fully saturated rings. The molecule has 3 rings (SSSR count). The largest absolute Gasteiger partial charge is 0.497 e. The Hall–Kier alpha value is -3.02. The van der Waals surface area contributed by atoms with Gasteiger partial charge in [0.2, 0.25) is 0 Å². The smallest absolute Gasteiger partial charge is 0.317 e. The summed E-state index contributed by atoms with van der Waals surface area (Å²) in [7, 11) is 1.60. The molecule has 2 aromatic rings. The number of likely N-dealkylation sites (tertiary alicyclic amines) is 1. The summed E-state index contributed by atoms with van der Waals surface area (Å²) in [5.41, 5.74) is 2.55. The highest BCUT2D eigenvalue weighted by Gasteiger charge is 2.22. The number of hydrogen-bond donors (Lipinski definition) is 2. The molecule has 6 nitrogen and oxygen atoms in total.